The molecule has 0 fully saturated rings. The van der Waals surface area contributed by atoms with E-state index in [9.17, 15) is 14.4 Å². The van der Waals surface area contributed by atoms with E-state index in [1.807, 2.05) is 24.3 Å². The number of benzene rings is 1. The number of Topliss-reactive ketones (excluding diaryl/α,β-unsaturated/α-hetero) is 1. The second-order valence-corrected chi connectivity index (χ2v) is 6.26. The molecule has 7 heteroatoms. The fourth-order valence-corrected chi connectivity index (χ4v) is 2.76. The second-order valence-electron chi connectivity index (χ2n) is 6.26. The van der Waals surface area contributed by atoms with Gasteiger partial charge in [-0.25, -0.2) is 4.79 Å². The van der Waals surface area contributed by atoms with Gasteiger partial charge in [-0.05, 0) is 38.4 Å². The van der Waals surface area contributed by atoms with Crippen molar-refractivity contribution in [2.45, 2.75) is 19.8 Å². The summed E-state index contributed by atoms with van der Waals surface area (Å²) >= 11 is 0. The van der Waals surface area contributed by atoms with Crippen molar-refractivity contribution in [3.05, 3.63) is 62.3 Å². The van der Waals surface area contributed by atoms with Gasteiger partial charge in [0, 0.05) is 32.3 Å². The first-order chi connectivity index (χ1) is 12.4. The molecule has 0 aliphatic rings. The van der Waals surface area contributed by atoms with Gasteiger partial charge in [-0.15, -0.1) is 0 Å². The zero-order valence-electron chi connectivity index (χ0n) is 15.5. The van der Waals surface area contributed by atoms with Gasteiger partial charge in [-0.3, -0.25) is 18.7 Å². The lowest BCUT2D eigenvalue weighted by Crippen LogP contribution is -2.37. The van der Waals surface area contributed by atoms with E-state index >= 15 is 0 Å². The molecule has 1 aromatic carbocycles. The van der Waals surface area contributed by atoms with Gasteiger partial charge < -0.3 is 10.6 Å². The van der Waals surface area contributed by atoms with E-state index in [1.165, 1.54) is 17.7 Å². The molecule has 2 aromatic rings. The zero-order chi connectivity index (χ0) is 19.1. The Morgan fingerprint density at radius 1 is 1.04 bits per heavy atom. The molecule has 0 atom stereocenters. The summed E-state index contributed by atoms with van der Waals surface area (Å²) in [7, 11) is 3.09. The largest absolute Gasteiger partial charge is 0.371 e. The zero-order valence-corrected chi connectivity index (χ0v) is 15.5. The third-order valence-electron chi connectivity index (χ3n) is 4.33. The highest BCUT2D eigenvalue weighted by Gasteiger charge is 2.06. The smallest absolute Gasteiger partial charge is 0.332 e. The number of carbonyl (C=O) groups excluding carboxylic acids is 1. The van der Waals surface area contributed by atoms with Crippen LogP contribution in [0.15, 0.2) is 39.9 Å². The van der Waals surface area contributed by atoms with Gasteiger partial charge in [-0.2, -0.15) is 0 Å². The highest BCUT2D eigenvalue weighted by molar-refractivity contribution is 5.95. The molecule has 0 amide bonds. The number of nitrogens with one attached hydrogen (secondary N) is 2. The van der Waals surface area contributed by atoms with E-state index in [0.29, 0.717) is 12.4 Å². The fraction of sp³-hybridized carbons (Fsp3) is 0.421. The number of hydrogen-bond donors (Lipinski definition) is 2. The Kier molecular flexibility index (Phi) is 6.91. The van der Waals surface area contributed by atoms with Gasteiger partial charge in [0.25, 0.3) is 5.56 Å². The van der Waals surface area contributed by atoms with Crippen LogP contribution < -0.4 is 21.9 Å². The molecule has 0 spiro atoms. The third kappa shape index (κ3) is 4.92. The van der Waals surface area contributed by atoms with Gasteiger partial charge in [0.2, 0.25) is 0 Å². The lowest BCUT2D eigenvalue weighted by atomic mass is 10.0. The van der Waals surface area contributed by atoms with Crippen molar-refractivity contribution in [2.24, 2.45) is 14.1 Å². The Bertz CT molecular complexity index is 883. The Labute approximate surface area is 152 Å². The van der Waals surface area contributed by atoms with Crippen LogP contribution in [0, 0.1) is 0 Å². The maximum absolute atomic E-state index is 11.8. The average Bonchev–Trinajstić information content (AvgIpc) is 2.63. The summed E-state index contributed by atoms with van der Waals surface area (Å²) in [6.45, 7) is 3.82. The van der Waals surface area contributed by atoms with E-state index in [-0.39, 0.29) is 17.0 Å². The Hall–Kier alpha value is -2.67. The van der Waals surface area contributed by atoms with Crippen LogP contribution in [-0.2, 0) is 20.5 Å². The standard InChI is InChI=1S/C19H26N4O3/c1-14(24)16-8-5-4-7-15(16)9-12-20-10-6-11-21-17-13-18(25)23(3)19(26)22(17)2/h4-5,7-8,13,20-21H,6,9-12H2,1-3H3. The Balaban J connectivity index is 1.73. The van der Waals surface area contributed by atoms with Gasteiger partial charge in [0.05, 0.1) is 0 Å². The number of carbonyl (C=O) groups is 1. The van der Waals surface area contributed by atoms with Gasteiger partial charge in [0.15, 0.2) is 5.78 Å². The van der Waals surface area contributed by atoms with Crippen molar-refractivity contribution < 1.29 is 4.79 Å². The quantitative estimate of drug-likeness (QED) is 0.514. The molecule has 0 saturated carbocycles. The molecule has 140 valence electrons. The van der Waals surface area contributed by atoms with Gasteiger partial charge in [-0.1, -0.05) is 24.3 Å². The minimum atomic E-state index is -0.345. The molecule has 2 rings (SSSR count). The molecule has 2 N–H and O–H groups in total. The monoisotopic (exact) mass is 358 g/mol. The number of nitrogens with zero attached hydrogens (tertiary/aromatic N) is 2. The van der Waals surface area contributed by atoms with Gasteiger partial charge in [0.1, 0.15) is 5.82 Å². The molecule has 0 bridgehead atoms. The molecule has 0 unspecified atom stereocenters. The van der Waals surface area contributed by atoms with Crippen LogP contribution in [0.3, 0.4) is 0 Å². The summed E-state index contributed by atoms with van der Waals surface area (Å²) < 4.78 is 2.50. The van der Waals surface area contributed by atoms with Crippen molar-refractivity contribution in [3.63, 3.8) is 0 Å². The summed E-state index contributed by atoms with van der Waals surface area (Å²) in [6, 6.07) is 9.09. The SMILES string of the molecule is CC(=O)c1ccccc1CCNCCCNc1cc(=O)n(C)c(=O)n1C. The highest BCUT2D eigenvalue weighted by Crippen LogP contribution is 2.09. The van der Waals surface area contributed by atoms with E-state index in [4.69, 9.17) is 0 Å². The van der Waals surface area contributed by atoms with Crippen molar-refractivity contribution in [1.82, 2.24) is 14.5 Å². The average molecular weight is 358 g/mol. The van der Waals surface area contributed by atoms with Crippen LogP contribution in [0.25, 0.3) is 0 Å². The minimum Gasteiger partial charge on any atom is -0.371 e. The first kappa shape index (κ1) is 19.7. The van der Waals surface area contributed by atoms with E-state index in [0.717, 1.165) is 41.6 Å². The van der Waals surface area contributed by atoms with Crippen molar-refractivity contribution >= 4 is 11.6 Å². The summed E-state index contributed by atoms with van der Waals surface area (Å²) in [5.41, 5.74) is 1.17. The Morgan fingerprint density at radius 2 is 1.77 bits per heavy atom. The van der Waals surface area contributed by atoms with Crippen LogP contribution in [0.4, 0.5) is 5.82 Å². The molecule has 0 radical (unpaired) electrons. The lowest BCUT2D eigenvalue weighted by Gasteiger charge is -2.12. The van der Waals surface area contributed by atoms with Gasteiger partial charge >= 0.3 is 5.69 Å². The maximum Gasteiger partial charge on any atom is 0.332 e. The van der Waals surface area contributed by atoms with Crippen molar-refractivity contribution in [3.8, 4) is 0 Å². The molecule has 0 saturated heterocycles. The second kappa shape index (κ2) is 9.15. The van der Waals surface area contributed by atoms with E-state index in [1.54, 1.807) is 14.0 Å². The lowest BCUT2D eigenvalue weighted by molar-refractivity contribution is 0.101. The van der Waals surface area contributed by atoms with Crippen molar-refractivity contribution in [1.29, 1.82) is 0 Å². The van der Waals surface area contributed by atoms with Crippen molar-refractivity contribution in [2.75, 3.05) is 25.0 Å². The van der Waals surface area contributed by atoms with Crippen LogP contribution in [0.2, 0.25) is 0 Å². The summed E-state index contributed by atoms with van der Waals surface area (Å²) in [6.07, 6.45) is 1.64. The van der Waals surface area contributed by atoms with E-state index in [2.05, 4.69) is 10.6 Å². The predicted molar refractivity (Wildman–Crippen MR) is 103 cm³/mol. The number of hydrogen-bond acceptors (Lipinski definition) is 5. The third-order valence-corrected chi connectivity index (χ3v) is 4.33. The number of rotatable bonds is 9. The number of ketones is 1. The summed E-state index contributed by atoms with van der Waals surface area (Å²) in [5, 5.41) is 6.47. The van der Waals surface area contributed by atoms with E-state index < -0.39 is 0 Å². The molecule has 26 heavy (non-hydrogen) atoms. The molecular formula is C19H26N4O3. The number of anilines is 1. The van der Waals surface area contributed by atoms with Crippen LogP contribution >= 0.6 is 0 Å². The predicted octanol–water partition coefficient (Wildman–Crippen LogP) is 0.921. The topological polar surface area (TPSA) is 85.1 Å². The molecule has 1 aromatic heterocycles. The Morgan fingerprint density at radius 3 is 2.50 bits per heavy atom. The summed E-state index contributed by atoms with van der Waals surface area (Å²) in [4.78, 5) is 35.1. The minimum absolute atomic E-state index is 0.0874. The molecule has 1 heterocycles. The van der Waals surface area contributed by atoms with Crippen LogP contribution in [-0.4, -0.2) is 34.6 Å². The molecule has 0 aliphatic carbocycles. The first-order valence-corrected chi connectivity index (χ1v) is 8.72. The maximum atomic E-state index is 11.8. The van der Waals surface area contributed by atoms with Crippen LogP contribution in [0.1, 0.15) is 29.3 Å². The fourth-order valence-electron chi connectivity index (χ4n) is 2.76. The molecule has 0 aliphatic heterocycles. The highest BCUT2D eigenvalue weighted by atomic mass is 16.2. The number of aromatic nitrogens is 2. The van der Waals surface area contributed by atoms with Crippen LogP contribution in [0.5, 0.6) is 0 Å². The molecular weight excluding hydrogens is 332 g/mol. The molecule has 7 nitrogen and oxygen atoms in total. The normalized spacial score (nSPS) is 10.7. The summed E-state index contributed by atoms with van der Waals surface area (Å²) in [5.74, 6) is 0.609. The first-order valence-electron chi connectivity index (χ1n) is 8.72.